The van der Waals surface area contributed by atoms with Gasteiger partial charge in [-0.25, -0.2) is 0 Å². The lowest BCUT2D eigenvalue weighted by Crippen LogP contribution is -1.99. The predicted octanol–water partition coefficient (Wildman–Crippen LogP) is 3.50. The van der Waals surface area contributed by atoms with E-state index >= 15 is 0 Å². The van der Waals surface area contributed by atoms with E-state index in [-0.39, 0.29) is 10.6 Å². The van der Waals surface area contributed by atoms with Gasteiger partial charge in [0.15, 0.2) is 0 Å². The lowest BCUT2D eigenvalue weighted by atomic mass is 10.1. The second-order valence-electron chi connectivity index (χ2n) is 3.98. The van der Waals surface area contributed by atoms with Crippen LogP contribution < -0.4 is 0 Å². The highest BCUT2D eigenvalue weighted by Gasteiger charge is 2.22. The lowest BCUT2D eigenvalue weighted by molar-refractivity contribution is -0.387. The molecule has 1 aromatic carbocycles. The fourth-order valence-electron chi connectivity index (χ4n) is 2.05. The van der Waals surface area contributed by atoms with Crippen molar-refractivity contribution in [2.24, 2.45) is 0 Å². The number of ether oxygens (including phenoxy) is 1. The number of thiocarbonyl (C=S) groups is 1. The van der Waals surface area contributed by atoms with Crippen molar-refractivity contribution in [3.8, 4) is 0 Å². The highest BCUT2D eigenvalue weighted by Crippen LogP contribution is 2.36. The van der Waals surface area contributed by atoms with Crippen LogP contribution in [-0.2, 0) is 17.6 Å². The maximum atomic E-state index is 11.1. The normalized spacial score (nSPS) is 13.2. The molecule has 0 radical (unpaired) electrons. The molecule has 0 aliphatic heterocycles. The first-order valence-corrected chi connectivity index (χ1v) is 6.99. The third-order valence-electron chi connectivity index (χ3n) is 2.83. The van der Waals surface area contributed by atoms with Crippen LogP contribution in [-0.4, -0.2) is 15.9 Å². The summed E-state index contributed by atoms with van der Waals surface area (Å²) >= 11 is 6.18. The number of aryl methyl sites for hydroxylation is 2. The van der Waals surface area contributed by atoms with E-state index in [4.69, 9.17) is 17.0 Å². The van der Waals surface area contributed by atoms with E-state index < -0.39 is 0 Å². The number of thioether (sulfide) groups is 1. The summed E-state index contributed by atoms with van der Waals surface area (Å²) in [5.41, 5.74) is 2.42. The standard InChI is InChI=1S/C12H13NO3S2/c1-2-16-12(17)18-11-7-9-5-3-4-8(9)6-10(11)13(14)15/h6-7H,2-5H2,1H3. The molecular formula is C12H13NO3S2. The van der Waals surface area contributed by atoms with Crippen LogP contribution >= 0.6 is 24.0 Å². The van der Waals surface area contributed by atoms with Gasteiger partial charge in [-0.1, -0.05) is 0 Å². The van der Waals surface area contributed by atoms with E-state index in [2.05, 4.69) is 0 Å². The molecule has 0 amide bonds. The molecule has 0 bridgehead atoms. The number of nitro benzene ring substituents is 1. The molecule has 1 aromatic rings. The zero-order valence-electron chi connectivity index (χ0n) is 9.97. The average molecular weight is 283 g/mol. The number of rotatable bonds is 3. The van der Waals surface area contributed by atoms with Crippen LogP contribution in [0.4, 0.5) is 5.69 Å². The first kappa shape index (κ1) is 13.3. The first-order chi connectivity index (χ1) is 8.61. The van der Waals surface area contributed by atoms with Gasteiger partial charge in [0.2, 0.25) is 4.38 Å². The minimum atomic E-state index is -0.352. The maximum absolute atomic E-state index is 11.1. The third kappa shape index (κ3) is 2.81. The Morgan fingerprint density at radius 3 is 2.78 bits per heavy atom. The number of nitrogens with zero attached hydrogens (tertiary/aromatic N) is 1. The van der Waals surface area contributed by atoms with Gasteiger partial charge in [0.1, 0.15) is 0 Å². The molecule has 0 saturated heterocycles. The molecule has 2 rings (SSSR count). The summed E-state index contributed by atoms with van der Waals surface area (Å²) in [6, 6.07) is 3.57. The summed E-state index contributed by atoms with van der Waals surface area (Å²) in [5.74, 6) is 0. The Balaban J connectivity index is 2.32. The number of nitro groups is 1. The molecule has 0 atom stereocenters. The molecule has 18 heavy (non-hydrogen) atoms. The van der Waals surface area contributed by atoms with Crippen LogP contribution in [0.3, 0.4) is 0 Å². The molecule has 0 unspecified atom stereocenters. The van der Waals surface area contributed by atoms with Crippen molar-refractivity contribution < 1.29 is 9.66 Å². The molecule has 96 valence electrons. The monoisotopic (exact) mass is 283 g/mol. The molecule has 0 spiro atoms. The maximum Gasteiger partial charge on any atom is 0.283 e. The fraction of sp³-hybridized carbons (Fsp3) is 0.417. The summed E-state index contributed by atoms with van der Waals surface area (Å²) < 4.78 is 5.50. The molecule has 6 heteroatoms. The quantitative estimate of drug-likeness (QED) is 0.368. The third-order valence-corrected chi connectivity index (χ3v) is 4.02. The summed E-state index contributed by atoms with van der Waals surface area (Å²) in [7, 11) is 0. The van der Waals surface area contributed by atoms with Crippen LogP contribution in [0.1, 0.15) is 24.5 Å². The first-order valence-electron chi connectivity index (χ1n) is 5.76. The zero-order valence-corrected chi connectivity index (χ0v) is 11.6. The number of hydrogen-bond acceptors (Lipinski definition) is 5. The van der Waals surface area contributed by atoms with Crippen molar-refractivity contribution in [1.82, 2.24) is 0 Å². The molecule has 1 aliphatic carbocycles. The van der Waals surface area contributed by atoms with Crippen molar-refractivity contribution in [2.75, 3.05) is 6.61 Å². The van der Waals surface area contributed by atoms with Gasteiger partial charge >= 0.3 is 0 Å². The van der Waals surface area contributed by atoms with Crippen molar-refractivity contribution in [3.63, 3.8) is 0 Å². The molecule has 1 aliphatic rings. The van der Waals surface area contributed by atoms with E-state index in [1.807, 2.05) is 13.0 Å². The summed E-state index contributed by atoms with van der Waals surface area (Å²) in [6.45, 7) is 2.31. The van der Waals surface area contributed by atoms with Gasteiger partial charge in [-0.2, -0.15) is 0 Å². The molecule has 4 nitrogen and oxygen atoms in total. The minimum Gasteiger partial charge on any atom is -0.479 e. The second kappa shape index (κ2) is 5.67. The lowest BCUT2D eigenvalue weighted by Gasteiger charge is -2.07. The van der Waals surface area contributed by atoms with Gasteiger partial charge in [-0.15, -0.1) is 0 Å². The van der Waals surface area contributed by atoms with Crippen LogP contribution in [0.2, 0.25) is 0 Å². The van der Waals surface area contributed by atoms with Gasteiger partial charge in [-0.3, -0.25) is 10.1 Å². The Bertz CT molecular complexity index is 502. The van der Waals surface area contributed by atoms with E-state index in [0.29, 0.717) is 15.9 Å². The highest BCUT2D eigenvalue weighted by molar-refractivity contribution is 8.22. The molecule has 0 heterocycles. The van der Waals surface area contributed by atoms with Gasteiger partial charge in [-0.05, 0) is 67.4 Å². The summed E-state index contributed by atoms with van der Waals surface area (Å²) in [6.07, 6.45) is 2.98. The van der Waals surface area contributed by atoms with Crippen LogP contribution in [0, 0.1) is 10.1 Å². The molecule has 0 N–H and O–H groups in total. The Morgan fingerprint density at radius 1 is 1.50 bits per heavy atom. The van der Waals surface area contributed by atoms with Gasteiger partial charge in [0.05, 0.1) is 16.4 Å². The van der Waals surface area contributed by atoms with Crippen molar-refractivity contribution in [2.45, 2.75) is 31.1 Å². The number of fused-ring (bicyclic) bond motifs is 1. The Hall–Kier alpha value is -1.14. The van der Waals surface area contributed by atoms with Crippen molar-refractivity contribution in [1.29, 1.82) is 0 Å². The number of hydrogen-bond donors (Lipinski definition) is 0. The topological polar surface area (TPSA) is 52.4 Å². The molecular weight excluding hydrogens is 270 g/mol. The van der Waals surface area contributed by atoms with Crippen LogP contribution in [0.25, 0.3) is 0 Å². The largest absolute Gasteiger partial charge is 0.479 e. The van der Waals surface area contributed by atoms with E-state index in [0.717, 1.165) is 36.6 Å². The predicted molar refractivity (Wildman–Crippen MR) is 75.2 cm³/mol. The Labute approximate surface area is 115 Å². The van der Waals surface area contributed by atoms with Crippen molar-refractivity contribution >= 4 is 34.0 Å². The van der Waals surface area contributed by atoms with E-state index in [1.165, 1.54) is 5.56 Å². The zero-order chi connectivity index (χ0) is 13.1. The number of benzene rings is 1. The average Bonchev–Trinajstić information content (AvgIpc) is 2.74. The fourth-order valence-corrected chi connectivity index (χ4v) is 3.23. The molecule has 0 aromatic heterocycles. The Morgan fingerprint density at radius 2 is 2.17 bits per heavy atom. The highest BCUT2D eigenvalue weighted by atomic mass is 32.2. The van der Waals surface area contributed by atoms with Gasteiger partial charge in [0, 0.05) is 6.07 Å². The van der Waals surface area contributed by atoms with E-state index in [9.17, 15) is 10.1 Å². The molecule has 0 fully saturated rings. The smallest absolute Gasteiger partial charge is 0.283 e. The Kier molecular flexibility index (Phi) is 4.19. The van der Waals surface area contributed by atoms with Gasteiger partial charge < -0.3 is 4.74 Å². The van der Waals surface area contributed by atoms with Crippen LogP contribution in [0.5, 0.6) is 0 Å². The molecule has 0 saturated carbocycles. The van der Waals surface area contributed by atoms with Crippen molar-refractivity contribution in [3.05, 3.63) is 33.4 Å². The summed E-state index contributed by atoms with van der Waals surface area (Å²) in [4.78, 5) is 11.3. The van der Waals surface area contributed by atoms with E-state index in [1.54, 1.807) is 6.07 Å². The summed E-state index contributed by atoms with van der Waals surface area (Å²) in [5, 5.41) is 11.1. The van der Waals surface area contributed by atoms with Crippen LogP contribution in [0.15, 0.2) is 17.0 Å². The van der Waals surface area contributed by atoms with Gasteiger partial charge in [0.25, 0.3) is 5.69 Å². The second-order valence-corrected chi connectivity index (χ2v) is 5.63. The minimum absolute atomic E-state index is 0.128. The SMILES string of the molecule is CCOC(=S)Sc1cc2c(cc1[N+](=O)[O-])CCC2.